The highest BCUT2D eigenvalue weighted by molar-refractivity contribution is 8.01. The van der Waals surface area contributed by atoms with Crippen LogP contribution in [-0.4, -0.2) is 31.9 Å². The van der Waals surface area contributed by atoms with Gasteiger partial charge in [-0.25, -0.2) is 0 Å². The van der Waals surface area contributed by atoms with Crippen molar-refractivity contribution in [3.63, 3.8) is 0 Å². The summed E-state index contributed by atoms with van der Waals surface area (Å²) in [5.41, 5.74) is 2.37. The SMILES string of the molecule is CCc1ccc(Nc2nnc(SCC(=O)c3ccc(O)cc3O)s2)cc1. The first kappa shape index (κ1) is 18.2. The summed E-state index contributed by atoms with van der Waals surface area (Å²) in [7, 11) is 0. The molecule has 134 valence electrons. The minimum Gasteiger partial charge on any atom is -0.508 e. The molecule has 3 aromatic rings. The second kappa shape index (κ2) is 8.20. The minimum atomic E-state index is -0.243. The summed E-state index contributed by atoms with van der Waals surface area (Å²) in [5, 5.41) is 31.0. The zero-order valence-electron chi connectivity index (χ0n) is 14.0. The zero-order chi connectivity index (χ0) is 18.5. The maximum absolute atomic E-state index is 12.2. The summed E-state index contributed by atoms with van der Waals surface area (Å²) in [6.45, 7) is 2.11. The number of aromatic nitrogens is 2. The quantitative estimate of drug-likeness (QED) is 0.412. The highest BCUT2D eigenvalue weighted by Gasteiger charge is 2.14. The van der Waals surface area contributed by atoms with Crippen LogP contribution in [0.15, 0.2) is 46.8 Å². The van der Waals surface area contributed by atoms with E-state index in [4.69, 9.17) is 0 Å². The fourth-order valence-corrected chi connectivity index (χ4v) is 3.88. The van der Waals surface area contributed by atoms with E-state index in [0.29, 0.717) is 9.47 Å². The molecule has 0 unspecified atom stereocenters. The van der Waals surface area contributed by atoms with Crippen molar-refractivity contribution in [1.29, 1.82) is 0 Å². The van der Waals surface area contributed by atoms with Gasteiger partial charge < -0.3 is 15.5 Å². The highest BCUT2D eigenvalue weighted by Crippen LogP contribution is 2.30. The van der Waals surface area contributed by atoms with E-state index in [1.807, 2.05) is 12.1 Å². The van der Waals surface area contributed by atoms with Crippen LogP contribution in [0.4, 0.5) is 10.8 Å². The van der Waals surface area contributed by atoms with Crippen molar-refractivity contribution in [2.45, 2.75) is 17.7 Å². The topological polar surface area (TPSA) is 95.3 Å². The number of hydrogen-bond donors (Lipinski definition) is 3. The molecule has 0 saturated heterocycles. The second-order valence-electron chi connectivity index (χ2n) is 5.46. The summed E-state index contributed by atoms with van der Waals surface area (Å²) >= 11 is 2.61. The molecule has 0 aliphatic heterocycles. The number of rotatable bonds is 7. The fourth-order valence-electron chi connectivity index (χ4n) is 2.23. The van der Waals surface area contributed by atoms with Gasteiger partial charge >= 0.3 is 0 Å². The molecule has 26 heavy (non-hydrogen) atoms. The predicted octanol–water partition coefficient (Wildman–Crippen LogP) is 4.23. The Labute approximate surface area is 158 Å². The fraction of sp³-hybridized carbons (Fsp3) is 0.167. The maximum Gasteiger partial charge on any atom is 0.210 e. The molecule has 8 heteroatoms. The number of nitrogens with zero attached hydrogens (tertiary/aromatic N) is 2. The van der Waals surface area contributed by atoms with E-state index < -0.39 is 0 Å². The molecule has 0 saturated carbocycles. The number of phenolic OH excluding ortho intramolecular Hbond substituents is 2. The molecule has 0 spiro atoms. The van der Waals surface area contributed by atoms with E-state index in [1.165, 1.54) is 40.8 Å². The largest absolute Gasteiger partial charge is 0.508 e. The van der Waals surface area contributed by atoms with Gasteiger partial charge in [-0.1, -0.05) is 42.2 Å². The number of anilines is 2. The van der Waals surface area contributed by atoms with Crippen LogP contribution in [0.2, 0.25) is 0 Å². The van der Waals surface area contributed by atoms with E-state index in [2.05, 4.69) is 34.6 Å². The molecule has 3 N–H and O–H groups in total. The van der Waals surface area contributed by atoms with Crippen molar-refractivity contribution in [2.24, 2.45) is 0 Å². The third-order valence-corrected chi connectivity index (χ3v) is 5.60. The van der Waals surface area contributed by atoms with Gasteiger partial charge in [-0.15, -0.1) is 10.2 Å². The first-order valence-corrected chi connectivity index (χ1v) is 9.73. The number of thioether (sulfide) groups is 1. The van der Waals surface area contributed by atoms with Gasteiger partial charge in [-0.2, -0.15) is 0 Å². The van der Waals surface area contributed by atoms with Crippen LogP contribution < -0.4 is 5.32 Å². The zero-order valence-corrected chi connectivity index (χ0v) is 15.6. The summed E-state index contributed by atoms with van der Waals surface area (Å²) in [5.74, 6) is -0.436. The molecule has 0 radical (unpaired) electrons. The number of aromatic hydroxyl groups is 2. The lowest BCUT2D eigenvalue weighted by atomic mass is 10.1. The number of benzene rings is 2. The Morgan fingerprint density at radius 2 is 1.92 bits per heavy atom. The molecule has 6 nitrogen and oxygen atoms in total. The lowest BCUT2D eigenvalue weighted by Crippen LogP contribution is -2.02. The van der Waals surface area contributed by atoms with Crippen molar-refractivity contribution in [1.82, 2.24) is 10.2 Å². The van der Waals surface area contributed by atoms with Crippen LogP contribution in [0.25, 0.3) is 0 Å². The summed E-state index contributed by atoms with van der Waals surface area (Å²) in [6.07, 6.45) is 0.991. The highest BCUT2D eigenvalue weighted by atomic mass is 32.2. The molecule has 0 atom stereocenters. The first-order chi connectivity index (χ1) is 12.5. The maximum atomic E-state index is 12.2. The standard InChI is InChI=1S/C18H17N3O3S2/c1-2-11-3-5-12(6-4-11)19-17-20-21-18(26-17)25-10-16(24)14-8-7-13(22)9-15(14)23/h3-9,22-23H,2,10H2,1H3,(H,19,20). The third-order valence-electron chi connectivity index (χ3n) is 3.63. The Bertz CT molecular complexity index is 910. The van der Waals surface area contributed by atoms with E-state index in [-0.39, 0.29) is 28.6 Å². The van der Waals surface area contributed by atoms with Crippen molar-refractivity contribution in [3.8, 4) is 11.5 Å². The first-order valence-electron chi connectivity index (χ1n) is 7.92. The average Bonchev–Trinajstić information content (AvgIpc) is 3.08. The predicted molar refractivity (Wildman–Crippen MR) is 104 cm³/mol. The van der Waals surface area contributed by atoms with Gasteiger partial charge in [0.25, 0.3) is 0 Å². The Kier molecular flexibility index (Phi) is 5.75. The van der Waals surface area contributed by atoms with Gasteiger partial charge in [0, 0.05) is 11.8 Å². The van der Waals surface area contributed by atoms with Crippen LogP contribution >= 0.6 is 23.1 Å². The second-order valence-corrected chi connectivity index (χ2v) is 7.66. The van der Waals surface area contributed by atoms with Crippen LogP contribution in [-0.2, 0) is 6.42 Å². The van der Waals surface area contributed by atoms with Crippen LogP contribution in [0.1, 0.15) is 22.8 Å². The molecule has 0 fully saturated rings. The van der Waals surface area contributed by atoms with Crippen molar-refractivity contribution < 1.29 is 15.0 Å². The molecule has 1 heterocycles. The van der Waals surface area contributed by atoms with Crippen LogP contribution in [0, 0.1) is 0 Å². The number of nitrogens with one attached hydrogen (secondary N) is 1. The molecule has 0 bridgehead atoms. The summed E-state index contributed by atoms with van der Waals surface area (Å²) in [4.78, 5) is 12.2. The molecular weight excluding hydrogens is 370 g/mol. The molecule has 0 amide bonds. The van der Waals surface area contributed by atoms with E-state index in [0.717, 1.165) is 18.2 Å². The number of ketones is 1. The molecular formula is C18H17N3O3S2. The van der Waals surface area contributed by atoms with Crippen molar-refractivity contribution >= 4 is 39.7 Å². The average molecular weight is 387 g/mol. The Balaban J connectivity index is 1.58. The number of carbonyl (C=O) groups is 1. The lowest BCUT2D eigenvalue weighted by molar-refractivity contribution is 0.102. The molecule has 0 aliphatic rings. The van der Waals surface area contributed by atoms with Gasteiger partial charge in [0.05, 0.1) is 11.3 Å². The van der Waals surface area contributed by atoms with Gasteiger partial charge in [0.2, 0.25) is 5.13 Å². The van der Waals surface area contributed by atoms with E-state index in [9.17, 15) is 15.0 Å². The van der Waals surface area contributed by atoms with Crippen molar-refractivity contribution in [2.75, 3.05) is 11.1 Å². The third kappa shape index (κ3) is 4.53. The normalized spacial score (nSPS) is 10.7. The minimum absolute atomic E-state index is 0.0847. The number of phenols is 2. The number of aryl methyl sites for hydroxylation is 1. The summed E-state index contributed by atoms with van der Waals surface area (Å²) in [6, 6.07) is 12.0. The molecule has 3 rings (SSSR count). The van der Waals surface area contributed by atoms with Gasteiger partial charge in [-0.3, -0.25) is 4.79 Å². The van der Waals surface area contributed by atoms with Gasteiger partial charge in [-0.05, 0) is 36.2 Å². The molecule has 1 aromatic heterocycles. The van der Waals surface area contributed by atoms with E-state index >= 15 is 0 Å². The number of hydrogen-bond acceptors (Lipinski definition) is 8. The van der Waals surface area contributed by atoms with Crippen LogP contribution in [0.5, 0.6) is 11.5 Å². The van der Waals surface area contributed by atoms with Crippen LogP contribution in [0.3, 0.4) is 0 Å². The number of Topliss-reactive ketones (excluding diaryl/α,β-unsaturated/α-hetero) is 1. The Morgan fingerprint density at radius 3 is 2.62 bits per heavy atom. The lowest BCUT2D eigenvalue weighted by Gasteiger charge is -2.03. The van der Waals surface area contributed by atoms with Gasteiger partial charge in [0.15, 0.2) is 10.1 Å². The Morgan fingerprint density at radius 1 is 1.15 bits per heavy atom. The molecule has 0 aliphatic carbocycles. The smallest absolute Gasteiger partial charge is 0.210 e. The molecule has 2 aromatic carbocycles. The van der Waals surface area contributed by atoms with Gasteiger partial charge in [0.1, 0.15) is 11.5 Å². The Hall–Kier alpha value is -2.58. The van der Waals surface area contributed by atoms with Crippen molar-refractivity contribution in [3.05, 3.63) is 53.6 Å². The number of carbonyl (C=O) groups excluding carboxylic acids is 1. The monoisotopic (exact) mass is 387 g/mol. The summed E-state index contributed by atoms with van der Waals surface area (Å²) < 4.78 is 0.657. The van der Waals surface area contributed by atoms with E-state index in [1.54, 1.807) is 0 Å².